The summed E-state index contributed by atoms with van der Waals surface area (Å²) in [5, 5.41) is 3.35. The Hall–Kier alpha value is -1.11. The lowest BCUT2D eigenvalue weighted by Crippen LogP contribution is -2.37. The molecule has 1 aliphatic heterocycles. The summed E-state index contributed by atoms with van der Waals surface area (Å²) in [5.41, 5.74) is 0.913. The number of esters is 1. The summed E-state index contributed by atoms with van der Waals surface area (Å²) in [6.45, 7) is 3.56. The lowest BCUT2D eigenvalue weighted by atomic mass is 10.0. The maximum absolute atomic E-state index is 12.3. The van der Waals surface area contributed by atoms with Gasteiger partial charge < -0.3 is 14.8 Å². The van der Waals surface area contributed by atoms with Crippen LogP contribution in [-0.2, 0) is 9.53 Å². The zero-order valence-corrected chi connectivity index (χ0v) is 14.0. The van der Waals surface area contributed by atoms with Crippen molar-refractivity contribution in [2.75, 3.05) is 40.4 Å². The van der Waals surface area contributed by atoms with E-state index < -0.39 is 0 Å². The Bertz CT molecular complexity index is 488. The fourth-order valence-corrected chi connectivity index (χ4v) is 3.14. The first-order valence-corrected chi connectivity index (χ1v) is 7.82. The molecule has 1 aliphatic rings. The second-order valence-corrected chi connectivity index (χ2v) is 5.81. The lowest BCUT2D eigenvalue weighted by molar-refractivity contribution is -0.147. The molecule has 1 unspecified atom stereocenters. The molecule has 1 heterocycles. The summed E-state index contributed by atoms with van der Waals surface area (Å²) in [6.07, 6.45) is 1.02. The number of nitrogens with one attached hydrogen (secondary N) is 1. The molecule has 1 fully saturated rings. The molecule has 1 atom stereocenters. The smallest absolute Gasteiger partial charge is 0.327 e. The minimum Gasteiger partial charge on any atom is -0.496 e. The van der Waals surface area contributed by atoms with Crippen molar-refractivity contribution >= 4 is 21.9 Å². The van der Waals surface area contributed by atoms with E-state index in [1.54, 1.807) is 7.11 Å². The number of halogens is 1. The van der Waals surface area contributed by atoms with E-state index in [-0.39, 0.29) is 12.0 Å². The third-order valence-electron chi connectivity index (χ3n) is 3.66. The van der Waals surface area contributed by atoms with Crippen molar-refractivity contribution < 1.29 is 14.3 Å². The van der Waals surface area contributed by atoms with E-state index in [0.717, 1.165) is 48.4 Å². The van der Waals surface area contributed by atoms with Crippen LogP contribution in [0.25, 0.3) is 0 Å². The summed E-state index contributed by atoms with van der Waals surface area (Å²) in [4.78, 5) is 14.4. The van der Waals surface area contributed by atoms with Crippen LogP contribution in [0.1, 0.15) is 18.0 Å². The van der Waals surface area contributed by atoms with Gasteiger partial charge in [-0.25, -0.2) is 4.79 Å². The highest BCUT2D eigenvalue weighted by Gasteiger charge is 2.29. The molecule has 1 aromatic carbocycles. The summed E-state index contributed by atoms with van der Waals surface area (Å²) < 4.78 is 11.1. The Morgan fingerprint density at radius 2 is 2.14 bits per heavy atom. The first-order chi connectivity index (χ1) is 10.2. The fourth-order valence-electron chi connectivity index (χ4n) is 2.59. The molecule has 1 N–H and O–H groups in total. The molecule has 1 aromatic rings. The van der Waals surface area contributed by atoms with Crippen molar-refractivity contribution in [3.05, 3.63) is 28.2 Å². The zero-order chi connectivity index (χ0) is 15.2. The Labute approximate surface area is 133 Å². The topological polar surface area (TPSA) is 50.8 Å². The average Bonchev–Trinajstić information content (AvgIpc) is 2.76. The minimum absolute atomic E-state index is 0.228. The summed E-state index contributed by atoms with van der Waals surface area (Å²) in [5.74, 6) is 0.522. The van der Waals surface area contributed by atoms with Crippen LogP contribution < -0.4 is 10.1 Å². The molecular formula is C15H21BrN2O3. The van der Waals surface area contributed by atoms with Gasteiger partial charge in [-0.15, -0.1) is 0 Å². The standard InChI is InChI=1S/C15H21BrN2O3/c1-20-13-5-4-11(10-12(13)16)14(15(19)21-2)18-8-3-6-17-7-9-18/h4-5,10,14,17H,3,6-9H2,1-2H3. The number of nitrogens with zero attached hydrogens (tertiary/aromatic N) is 1. The van der Waals surface area contributed by atoms with E-state index in [0.29, 0.717) is 0 Å². The van der Waals surface area contributed by atoms with Gasteiger partial charge in [0, 0.05) is 19.6 Å². The predicted molar refractivity (Wildman–Crippen MR) is 84.5 cm³/mol. The van der Waals surface area contributed by atoms with Crippen molar-refractivity contribution in [2.24, 2.45) is 0 Å². The molecular weight excluding hydrogens is 336 g/mol. The Balaban J connectivity index is 2.30. The van der Waals surface area contributed by atoms with E-state index in [1.165, 1.54) is 7.11 Å². The van der Waals surface area contributed by atoms with Gasteiger partial charge in [0.2, 0.25) is 0 Å². The number of rotatable bonds is 4. The second-order valence-electron chi connectivity index (χ2n) is 4.96. The largest absolute Gasteiger partial charge is 0.496 e. The van der Waals surface area contributed by atoms with Gasteiger partial charge in [-0.2, -0.15) is 0 Å². The van der Waals surface area contributed by atoms with Crippen LogP contribution in [0.4, 0.5) is 0 Å². The number of carbonyl (C=O) groups excluding carboxylic acids is 1. The van der Waals surface area contributed by atoms with Crippen molar-refractivity contribution in [3.8, 4) is 5.75 Å². The lowest BCUT2D eigenvalue weighted by Gasteiger charge is -2.28. The highest BCUT2D eigenvalue weighted by atomic mass is 79.9. The van der Waals surface area contributed by atoms with Gasteiger partial charge >= 0.3 is 5.97 Å². The number of hydrogen-bond acceptors (Lipinski definition) is 5. The molecule has 116 valence electrons. The third-order valence-corrected chi connectivity index (χ3v) is 4.28. The Kier molecular flexibility index (Phi) is 6.02. The van der Waals surface area contributed by atoms with Gasteiger partial charge in [-0.1, -0.05) is 6.07 Å². The molecule has 5 nitrogen and oxygen atoms in total. The molecule has 0 amide bonds. The SMILES string of the molecule is COC(=O)C(c1ccc(OC)c(Br)c1)N1CCCNCC1. The quantitative estimate of drug-likeness (QED) is 0.835. The van der Waals surface area contributed by atoms with E-state index in [1.807, 2.05) is 18.2 Å². The zero-order valence-electron chi connectivity index (χ0n) is 12.4. The monoisotopic (exact) mass is 356 g/mol. The number of benzene rings is 1. The van der Waals surface area contributed by atoms with Gasteiger partial charge in [0.1, 0.15) is 11.8 Å². The van der Waals surface area contributed by atoms with Gasteiger partial charge in [0.15, 0.2) is 0 Å². The molecule has 0 aliphatic carbocycles. The second kappa shape index (κ2) is 7.77. The molecule has 0 bridgehead atoms. The number of hydrogen-bond donors (Lipinski definition) is 1. The molecule has 0 radical (unpaired) electrons. The van der Waals surface area contributed by atoms with Crippen LogP contribution in [0.15, 0.2) is 22.7 Å². The van der Waals surface area contributed by atoms with Crippen LogP contribution in [0.3, 0.4) is 0 Å². The van der Waals surface area contributed by atoms with Crippen molar-refractivity contribution in [2.45, 2.75) is 12.5 Å². The van der Waals surface area contributed by atoms with Crippen LogP contribution in [0.5, 0.6) is 5.75 Å². The normalized spacial score (nSPS) is 17.9. The Morgan fingerprint density at radius 3 is 2.81 bits per heavy atom. The number of carbonyl (C=O) groups is 1. The predicted octanol–water partition coefficient (Wildman–Crippen LogP) is 1.97. The van der Waals surface area contributed by atoms with Crippen LogP contribution in [0.2, 0.25) is 0 Å². The molecule has 0 spiro atoms. The molecule has 21 heavy (non-hydrogen) atoms. The molecule has 0 aromatic heterocycles. The Morgan fingerprint density at radius 1 is 1.33 bits per heavy atom. The van der Waals surface area contributed by atoms with Gasteiger partial charge in [-0.05, 0) is 46.6 Å². The van der Waals surface area contributed by atoms with E-state index in [4.69, 9.17) is 9.47 Å². The maximum Gasteiger partial charge on any atom is 0.327 e. The molecule has 1 saturated heterocycles. The minimum atomic E-state index is -0.378. The third kappa shape index (κ3) is 3.96. The van der Waals surface area contributed by atoms with Gasteiger partial charge in [0.25, 0.3) is 0 Å². The first kappa shape index (κ1) is 16.3. The average molecular weight is 357 g/mol. The van der Waals surface area contributed by atoms with Crippen molar-refractivity contribution in [1.82, 2.24) is 10.2 Å². The number of methoxy groups -OCH3 is 2. The van der Waals surface area contributed by atoms with E-state index >= 15 is 0 Å². The van der Waals surface area contributed by atoms with Crippen LogP contribution in [-0.4, -0.2) is 51.3 Å². The highest BCUT2D eigenvalue weighted by molar-refractivity contribution is 9.10. The van der Waals surface area contributed by atoms with Crippen molar-refractivity contribution in [3.63, 3.8) is 0 Å². The fraction of sp³-hybridized carbons (Fsp3) is 0.533. The molecule has 0 saturated carbocycles. The van der Waals surface area contributed by atoms with Crippen LogP contribution >= 0.6 is 15.9 Å². The molecule has 2 rings (SSSR count). The first-order valence-electron chi connectivity index (χ1n) is 7.03. The highest BCUT2D eigenvalue weighted by Crippen LogP contribution is 2.31. The summed E-state index contributed by atoms with van der Waals surface area (Å²) >= 11 is 3.48. The molecule has 6 heteroatoms. The van der Waals surface area contributed by atoms with Gasteiger partial charge in [0.05, 0.1) is 18.7 Å². The van der Waals surface area contributed by atoms with Crippen LogP contribution in [0, 0.1) is 0 Å². The summed E-state index contributed by atoms with van der Waals surface area (Å²) in [7, 11) is 3.06. The van der Waals surface area contributed by atoms with Crippen molar-refractivity contribution in [1.29, 1.82) is 0 Å². The maximum atomic E-state index is 12.3. The van der Waals surface area contributed by atoms with E-state index in [2.05, 4.69) is 26.1 Å². The number of ether oxygens (including phenoxy) is 2. The van der Waals surface area contributed by atoms with E-state index in [9.17, 15) is 4.79 Å². The summed E-state index contributed by atoms with van der Waals surface area (Å²) in [6, 6.07) is 5.34. The van der Waals surface area contributed by atoms with Gasteiger partial charge in [-0.3, -0.25) is 4.90 Å².